The third-order valence-electron chi connectivity index (χ3n) is 7.23. The number of fused-ring (bicyclic) bond motifs is 2. The fraction of sp³-hybridized carbons (Fsp3) is 0.462. The predicted molar refractivity (Wildman–Crippen MR) is 136 cm³/mol. The van der Waals surface area contributed by atoms with E-state index in [1.807, 2.05) is 24.3 Å². The van der Waals surface area contributed by atoms with Crippen LogP contribution in [0.25, 0.3) is 10.2 Å². The number of rotatable bonds is 5. The highest BCUT2D eigenvalue weighted by atomic mass is 32.1. The van der Waals surface area contributed by atoms with E-state index in [-0.39, 0.29) is 5.92 Å². The molecule has 3 aliphatic rings. The summed E-state index contributed by atoms with van der Waals surface area (Å²) >= 11 is 1.70. The van der Waals surface area contributed by atoms with Crippen LogP contribution in [0.5, 0.6) is 17.2 Å². The summed E-state index contributed by atoms with van der Waals surface area (Å²) in [5, 5.41) is 1.04. The molecule has 0 N–H and O–H groups in total. The van der Waals surface area contributed by atoms with Crippen molar-refractivity contribution < 1.29 is 19.0 Å². The molecular formula is C26H30N4O4S. The van der Waals surface area contributed by atoms with Crippen LogP contribution in [0.4, 0.5) is 5.13 Å². The molecule has 0 atom stereocenters. The summed E-state index contributed by atoms with van der Waals surface area (Å²) in [6.45, 7) is 6.29. The quantitative estimate of drug-likeness (QED) is 0.537. The van der Waals surface area contributed by atoms with Gasteiger partial charge in [-0.3, -0.25) is 9.69 Å². The average Bonchev–Trinajstić information content (AvgIpc) is 3.55. The third kappa shape index (κ3) is 4.62. The number of ether oxygens (including phenoxy) is 3. The number of piperazine rings is 1. The largest absolute Gasteiger partial charge is 0.497 e. The Morgan fingerprint density at radius 3 is 2.63 bits per heavy atom. The molecular weight excluding hydrogens is 464 g/mol. The summed E-state index contributed by atoms with van der Waals surface area (Å²) in [5.41, 5.74) is 2.22. The highest BCUT2D eigenvalue weighted by Crippen LogP contribution is 2.34. The van der Waals surface area contributed by atoms with Gasteiger partial charge in [-0.05, 0) is 48.7 Å². The van der Waals surface area contributed by atoms with Crippen LogP contribution in [-0.2, 0) is 11.3 Å². The van der Waals surface area contributed by atoms with Gasteiger partial charge in [-0.2, -0.15) is 0 Å². The Morgan fingerprint density at radius 2 is 1.83 bits per heavy atom. The molecule has 3 aromatic rings. The minimum absolute atomic E-state index is 0.112. The Kier molecular flexibility index (Phi) is 6.12. The lowest BCUT2D eigenvalue weighted by atomic mass is 9.95. The Morgan fingerprint density at radius 1 is 1.03 bits per heavy atom. The molecule has 0 bridgehead atoms. The lowest BCUT2D eigenvalue weighted by molar-refractivity contribution is -0.138. The highest BCUT2D eigenvalue weighted by Gasteiger charge is 2.31. The normalized spacial score (nSPS) is 18.9. The summed E-state index contributed by atoms with van der Waals surface area (Å²) in [7, 11) is 1.68. The number of carbonyl (C=O) groups excluding carboxylic acids is 1. The number of carbonyl (C=O) groups is 1. The maximum atomic E-state index is 13.2. The van der Waals surface area contributed by atoms with Gasteiger partial charge >= 0.3 is 0 Å². The smallest absolute Gasteiger partial charge is 0.231 e. The van der Waals surface area contributed by atoms with E-state index < -0.39 is 0 Å². The molecule has 0 saturated carbocycles. The van der Waals surface area contributed by atoms with Crippen molar-refractivity contribution in [3.63, 3.8) is 0 Å². The summed E-state index contributed by atoms with van der Waals surface area (Å²) in [5.74, 6) is 2.93. The van der Waals surface area contributed by atoms with Crippen molar-refractivity contribution in [2.24, 2.45) is 5.92 Å². The van der Waals surface area contributed by atoms with Crippen molar-refractivity contribution in [1.29, 1.82) is 0 Å². The topological polar surface area (TPSA) is 67.4 Å². The second kappa shape index (κ2) is 9.54. The Balaban J connectivity index is 0.997. The van der Waals surface area contributed by atoms with Gasteiger partial charge in [0.2, 0.25) is 12.7 Å². The van der Waals surface area contributed by atoms with Gasteiger partial charge in [0.05, 0.1) is 17.3 Å². The maximum Gasteiger partial charge on any atom is 0.231 e. The molecule has 0 spiro atoms. The molecule has 1 amide bonds. The average molecular weight is 495 g/mol. The van der Waals surface area contributed by atoms with Crippen LogP contribution < -0.4 is 19.1 Å². The molecule has 1 aromatic heterocycles. The summed E-state index contributed by atoms with van der Waals surface area (Å²) in [4.78, 5) is 24.8. The van der Waals surface area contributed by atoms with Gasteiger partial charge < -0.3 is 24.0 Å². The van der Waals surface area contributed by atoms with Crippen LogP contribution in [0.3, 0.4) is 0 Å². The molecule has 3 aliphatic heterocycles. The Hall–Kier alpha value is -3.04. The molecule has 35 heavy (non-hydrogen) atoms. The molecule has 2 saturated heterocycles. The van der Waals surface area contributed by atoms with Gasteiger partial charge in [0.1, 0.15) is 5.75 Å². The second-order valence-electron chi connectivity index (χ2n) is 9.38. The first-order valence-electron chi connectivity index (χ1n) is 12.3. The summed E-state index contributed by atoms with van der Waals surface area (Å²) < 4.78 is 17.4. The Bertz CT molecular complexity index is 1220. The van der Waals surface area contributed by atoms with Gasteiger partial charge in [0.25, 0.3) is 0 Å². The van der Waals surface area contributed by atoms with Crippen LogP contribution in [0.2, 0.25) is 0 Å². The molecule has 6 rings (SSSR count). The number of benzene rings is 2. The van der Waals surface area contributed by atoms with E-state index >= 15 is 0 Å². The van der Waals surface area contributed by atoms with Crippen molar-refractivity contribution >= 4 is 32.6 Å². The number of methoxy groups -OCH3 is 1. The zero-order chi connectivity index (χ0) is 23.8. The zero-order valence-corrected chi connectivity index (χ0v) is 20.8. The number of anilines is 1. The van der Waals surface area contributed by atoms with E-state index in [2.05, 4.69) is 26.8 Å². The van der Waals surface area contributed by atoms with Crippen molar-refractivity contribution in [3.8, 4) is 17.2 Å². The monoisotopic (exact) mass is 494 g/mol. The maximum absolute atomic E-state index is 13.2. The van der Waals surface area contributed by atoms with Crippen LogP contribution >= 0.6 is 11.3 Å². The van der Waals surface area contributed by atoms with Crippen LogP contribution in [0, 0.1) is 5.92 Å². The van der Waals surface area contributed by atoms with E-state index in [1.165, 1.54) is 5.56 Å². The summed E-state index contributed by atoms with van der Waals surface area (Å²) in [6.07, 6.45) is 1.77. The van der Waals surface area contributed by atoms with Gasteiger partial charge in [-0.15, -0.1) is 0 Å². The number of aromatic nitrogens is 1. The van der Waals surface area contributed by atoms with E-state index in [4.69, 9.17) is 19.2 Å². The lowest BCUT2D eigenvalue weighted by Gasteiger charge is -2.38. The standard InChI is InChI=1S/C26H30N4O4S/c1-32-20-3-4-21-24(15-20)35-26(27-21)30-8-6-19(7-9-30)25(31)29-12-10-28(11-13-29)16-18-2-5-22-23(14-18)34-17-33-22/h2-5,14-15,19H,6-13,16-17H2,1H3. The molecule has 0 unspecified atom stereocenters. The third-order valence-corrected chi connectivity index (χ3v) is 8.31. The predicted octanol–water partition coefficient (Wildman–Crippen LogP) is 3.59. The van der Waals surface area contributed by atoms with Crippen molar-refractivity contribution in [2.45, 2.75) is 19.4 Å². The lowest BCUT2D eigenvalue weighted by Crippen LogP contribution is -2.51. The highest BCUT2D eigenvalue weighted by molar-refractivity contribution is 7.22. The fourth-order valence-corrected chi connectivity index (χ4v) is 6.20. The molecule has 2 aromatic carbocycles. The second-order valence-corrected chi connectivity index (χ2v) is 10.4. The minimum atomic E-state index is 0.112. The van der Waals surface area contributed by atoms with E-state index in [0.29, 0.717) is 12.7 Å². The first-order valence-corrected chi connectivity index (χ1v) is 13.1. The molecule has 0 aliphatic carbocycles. The van der Waals surface area contributed by atoms with Crippen LogP contribution in [0.1, 0.15) is 18.4 Å². The molecule has 2 fully saturated rings. The number of hydrogen-bond donors (Lipinski definition) is 0. The van der Waals surface area contributed by atoms with Crippen LogP contribution in [-0.4, -0.2) is 73.9 Å². The van der Waals surface area contributed by atoms with Crippen molar-refractivity contribution in [2.75, 3.05) is 58.1 Å². The molecule has 0 radical (unpaired) electrons. The minimum Gasteiger partial charge on any atom is -0.497 e. The number of hydrogen-bond acceptors (Lipinski definition) is 8. The van der Waals surface area contributed by atoms with E-state index in [1.54, 1.807) is 18.4 Å². The molecule has 8 nitrogen and oxygen atoms in total. The van der Waals surface area contributed by atoms with E-state index in [9.17, 15) is 4.79 Å². The van der Waals surface area contributed by atoms with Crippen molar-refractivity contribution in [1.82, 2.24) is 14.8 Å². The number of amides is 1. The van der Waals surface area contributed by atoms with Crippen molar-refractivity contribution in [3.05, 3.63) is 42.0 Å². The number of thiazole rings is 1. The SMILES string of the molecule is COc1ccc2nc(N3CCC(C(=O)N4CCN(Cc5ccc6c(c5)OCO6)CC4)CC3)sc2c1. The first-order chi connectivity index (χ1) is 17.2. The summed E-state index contributed by atoms with van der Waals surface area (Å²) in [6, 6.07) is 12.1. The Labute approximate surface area is 209 Å². The van der Waals surface area contributed by atoms with Gasteiger partial charge in [0, 0.05) is 51.7 Å². The fourth-order valence-electron chi connectivity index (χ4n) is 5.15. The molecule has 9 heteroatoms. The number of nitrogens with zero attached hydrogens (tertiary/aromatic N) is 4. The van der Waals surface area contributed by atoms with Gasteiger partial charge in [0.15, 0.2) is 16.6 Å². The molecule has 184 valence electrons. The van der Waals surface area contributed by atoms with Gasteiger partial charge in [-0.25, -0.2) is 4.98 Å². The van der Waals surface area contributed by atoms with E-state index in [0.717, 1.165) is 91.3 Å². The van der Waals surface area contributed by atoms with Gasteiger partial charge in [-0.1, -0.05) is 17.4 Å². The zero-order valence-electron chi connectivity index (χ0n) is 19.9. The number of piperidine rings is 1. The van der Waals surface area contributed by atoms with Crippen LogP contribution in [0.15, 0.2) is 36.4 Å². The first kappa shape index (κ1) is 22.4. The molecule has 4 heterocycles.